The molecule has 0 saturated heterocycles. The monoisotopic (exact) mass is 290 g/mol. The van der Waals surface area contributed by atoms with Gasteiger partial charge < -0.3 is 20.5 Å². The van der Waals surface area contributed by atoms with Crippen molar-refractivity contribution in [3.05, 3.63) is 29.6 Å². The highest BCUT2D eigenvalue weighted by Gasteiger charge is 2.10. The fraction of sp³-hybridized carbons (Fsp3) is 0.400. The van der Waals surface area contributed by atoms with E-state index in [1.807, 2.05) is 24.0 Å². The smallest absolute Gasteiger partial charge is 0.162 e. The van der Waals surface area contributed by atoms with E-state index in [4.69, 9.17) is 15.2 Å². The maximum Gasteiger partial charge on any atom is 0.162 e. The van der Waals surface area contributed by atoms with Gasteiger partial charge in [0, 0.05) is 37.5 Å². The van der Waals surface area contributed by atoms with Crippen molar-refractivity contribution in [2.75, 3.05) is 25.3 Å². The molecule has 0 saturated carbocycles. The third kappa shape index (κ3) is 3.21. The summed E-state index contributed by atoms with van der Waals surface area (Å²) in [6, 6.07) is 3.60. The number of aromatic nitrogens is 2. The van der Waals surface area contributed by atoms with E-state index in [-0.39, 0.29) is 0 Å². The lowest BCUT2D eigenvalue weighted by atomic mass is 10.2. The summed E-state index contributed by atoms with van der Waals surface area (Å²) < 4.78 is 12.4. The molecule has 0 spiro atoms. The van der Waals surface area contributed by atoms with Gasteiger partial charge in [-0.2, -0.15) is 5.10 Å². The highest BCUT2D eigenvalue weighted by atomic mass is 16.5. The third-order valence-corrected chi connectivity index (χ3v) is 3.35. The van der Waals surface area contributed by atoms with Crippen LogP contribution in [0, 0.1) is 0 Å². The van der Waals surface area contributed by atoms with E-state index in [9.17, 15) is 0 Å². The van der Waals surface area contributed by atoms with Gasteiger partial charge in [0.1, 0.15) is 0 Å². The van der Waals surface area contributed by atoms with Crippen molar-refractivity contribution in [2.45, 2.75) is 19.9 Å². The lowest BCUT2D eigenvalue weighted by Crippen LogP contribution is -2.04. The number of ether oxygens (including phenoxy) is 2. The highest BCUT2D eigenvalue weighted by Crippen LogP contribution is 2.35. The van der Waals surface area contributed by atoms with Gasteiger partial charge in [-0.3, -0.25) is 4.68 Å². The molecule has 1 aromatic heterocycles. The van der Waals surface area contributed by atoms with E-state index in [1.54, 1.807) is 20.3 Å². The van der Waals surface area contributed by atoms with Crippen LogP contribution in [0.15, 0.2) is 18.3 Å². The van der Waals surface area contributed by atoms with Gasteiger partial charge in [0.15, 0.2) is 11.5 Å². The van der Waals surface area contributed by atoms with Gasteiger partial charge in [-0.1, -0.05) is 6.92 Å². The first-order chi connectivity index (χ1) is 10.1. The van der Waals surface area contributed by atoms with Gasteiger partial charge in [0.25, 0.3) is 0 Å². The number of methoxy groups -OCH3 is 2. The molecule has 0 bridgehead atoms. The van der Waals surface area contributed by atoms with E-state index in [0.29, 0.717) is 23.7 Å². The molecule has 114 valence electrons. The third-order valence-electron chi connectivity index (χ3n) is 3.35. The first-order valence-electron chi connectivity index (χ1n) is 6.85. The Morgan fingerprint density at radius 2 is 1.90 bits per heavy atom. The largest absolute Gasteiger partial charge is 0.493 e. The number of nitrogens with zero attached hydrogens (tertiary/aromatic N) is 2. The maximum atomic E-state index is 6.04. The molecule has 0 unspecified atom stereocenters. The molecule has 0 atom stereocenters. The minimum atomic E-state index is 0.620. The Kier molecular flexibility index (Phi) is 4.57. The summed E-state index contributed by atoms with van der Waals surface area (Å²) in [5.74, 6) is 1.27. The average molecular weight is 290 g/mol. The molecule has 0 aliphatic carbocycles. The molecular weight excluding hydrogens is 268 g/mol. The minimum absolute atomic E-state index is 0.620. The normalized spacial score (nSPS) is 10.5. The van der Waals surface area contributed by atoms with Crippen LogP contribution in [0.3, 0.4) is 0 Å². The molecule has 0 radical (unpaired) electrons. The van der Waals surface area contributed by atoms with Crippen molar-refractivity contribution in [1.82, 2.24) is 9.78 Å². The number of nitrogens with two attached hydrogens (primary N) is 1. The van der Waals surface area contributed by atoms with E-state index in [2.05, 4.69) is 17.3 Å². The van der Waals surface area contributed by atoms with Crippen LogP contribution in [0.5, 0.6) is 11.5 Å². The Bertz CT molecular complexity index is 622. The summed E-state index contributed by atoms with van der Waals surface area (Å²) in [6.07, 6.45) is 2.92. The summed E-state index contributed by atoms with van der Waals surface area (Å²) in [4.78, 5) is 0. The summed E-state index contributed by atoms with van der Waals surface area (Å²) in [5.41, 5.74) is 9.73. The molecule has 3 N–H and O–H groups in total. The number of anilines is 2. The van der Waals surface area contributed by atoms with Crippen molar-refractivity contribution in [1.29, 1.82) is 0 Å². The number of hydrogen-bond donors (Lipinski definition) is 2. The molecular formula is C15H22N4O2. The average Bonchev–Trinajstić information content (AvgIpc) is 2.85. The summed E-state index contributed by atoms with van der Waals surface area (Å²) in [5, 5.41) is 7.76. The Morgan fingerprint density at radius 1 is 1.24 bits per heavy atom. The number of rotatable bonds is 6. The standard InChI is InChI=1S/C15H22N4O2/c1-5-12-10(9-19(2)18-12)8-17-13-7-15(21-4)14(20-3)6-11(13)16/h6-7,9,17H,5,8,16H2,1-4H3. The van der Waals surface area contributed by atoms with Crippen molar-refractivity contribution in [3.63, 3.8) is 0 Å². The number of nitrogens with one attached hydrogen (secondary N) is 1. The topological polar surface area (TPSA) is 74.3 Å². The van der Waals surface area contributed by atoms with Crippen LogP contribution in [-0.4, -0.2) is 24.0 Å². The fourth-order valence-electron chi connectivity index (χ4n) is 2.27. The lowest BCUT2D eigenvalue weighted by molar-refractivity contribution is 0.355. The number of benzene rings is 1. The van der Waals surface area contributed by atoms with Gasteiger partial charge in [-0.05, 0) is 6.42 Å². The molecule has 0 amide bonds. The van der Waals surface area contributed by atoms with E-state index in [1.165, 1.54) is 0 Å². The molecule has 2 rings (SSSR count). The molecule has 6 heteroatoms. The van der Waals surface area contributed by atoms with Crippen LogP contribution in [0.4, 0.5) is 11.4 Å². The maximum absolute atomic E-state index is 6.04. The van der Waals surface area contributed by atoms with Crippen LogP contribution >= 0.6 is 0 Å². The Balaban J connectivity index is 2.19. The van der Waals surface area contributed by atoms with E-state index in [0.717, 1.165) is 23.4 Å². The second kappa shape index (κ2) is 6.39. The zero-order valence-corrected chi connectivity index (χ0v) is 12.9. The van der Waals surface area contributed by atoms with Crippen molar-refractivity contribution in [2.24, 2.45) is 7.05 Å². The van der Waals surface area contributed by atoms with Gasteiger partial charge in [0.05, 0.1) is 31.3 Å². The summed E-state index contributed by atoms with van der Waals surface area (Å²) in [6.45, 7) is 2.76. The fourth-order valence-corrected chi connectivity index (χ4v) is 2.27. The predicted molar refractivity (Wildman–Crippen MR) is 83.9 cm³/mol. The van der Waals surface area contributed by atoms with Crippen molar-refractivity contribution >= 4 is 11.4 Å². The molecule has 0 aliphatic heterocycles. The summed E-state index contributed by atoms with van der Waals surface area (Å²) in [7, 11) is 5.12. The van der Waals surface area contributed by atoms with Crippen LogP contribution in [0.2, 0.25) is 0 Å². The first-order valence-corrected chi connectivity index (χ1v) is 6.85. The minimum Gasteiger partial charge on any atom is -0.493 e. The van der Waals surface area contributed by atoms with Crippen molar-refractivity contribution < 1.29 is 9.47 Å². The first kappa shape index (κ1) is 15.0. The van der Waals surface area contributed by atoms with Crippen LogP contribution in [0.25, 0.3) is 0 Å². The molecule has 6 nitrogen and oxygen atoms in total. The van der Waals surface area contributed by atoms with Crippen molar-refractivity contribution in [3.8, 4) is 11.5 Å². The summed E-state index contributed by atoms with van der Waals surface area (Å²) >= 11 is 0. The SMILES string of the molecule is CCc1nn(C)cc1CNc1cc(OC)c(OC)cc1N. The zero-order chi connectivity index (χ0) is 15.4. The highest BCUT2D eigenvalue weighted by molar-refractivity contribution is 5.72. The molecule has 2 aromatic rings. The number of nitrogen functional groups attached to an aromatic ring is 1. The van der Waals surface area contributed by atoms with Gasteiger partial charge in [0.2, 0.25) is 0 Å². The second-order valence-corrected chi connectivity index (χ2v) is 4.78. The Hall–Kier alpha value is -2.37. The molecule has 0 fully saturated rings. The van der Waals surface area contributed by atoms with Crippen LogP contribution in [0.1, 0.15) is 18.2 Å². The van der Waals surface area contributed by atoms with Crippen LogP contribution in [-0.2, 0) is 20.0 Å². The molecule has 21 heavy (non-hydrogen) atoms. The lowest BCUT2D eigenvalue weighted by Gasteiger charge is -2.14. The van der Waals surface area contributed by atoms with Gasteiger partial charge in [-0.15, -0.1) is 0 Å². The predicted octanol–water partition coefficient (Wildman–Crippen LogP) is 2.19. The van der Waals surface area contributed by atoms with Gasteiger partial charge in [-0.25, -0.2) is 0 Å². The van der Waals surface area contributed by atoms with Gasteiger partial charge >= 0.3 is 0 Å². The molecule has 1 aromatic carbocycles. The molecule has 1 heterocycles. The quantitative estimate of drug-likeness (QED) is 0.798. The Labute approximate surface area is 124 Å². The second-order valence-electron chi connectivity index (χ2n) is 4.78. The van der Waals surface area contributed by atoms with Crippen LogP contribution < -0.4 is 20.5 Å². The number of hydrogen-bond acceptors (Lipinski definition) is 5. The molecule has 0 aliphatic rings. The zero-order valence-electron chi connectivity index (χ0n) is 12.9. The Morgan fingerprint density at radius 3 is 2.52 bits per heavy atom. The number of aryl methyl sites for hydroxylation is 2. The van der Waals surface area contributed by atoms with E-state index < -0.39 is 0 Å². The van der Waals surface area contributed by atoms with E-state index >= 15 is 0 Å².